The van der Waals surface area contributed by atoms with Crippen LogP contribution in [0.15, 0.2) is 83.8 Å². The highest BCUT2D eigenvalue weighted by molar-refractivity contribution is 8.00. The van der Waals surface area contributed by atoms with Gasteiger partial charge in [-0.15, -0.1) is 16.9 Å². The first-order valence-electron chi connectivity index (χ1n) is 10.7. The van der Waals surface area contributed by atoms with Gasteiger partial charge in [0, 0.05) is 16.1 Å². The number of hydrogen-bond acceptors (Lipinski definition) is 5. The van der Waals surface area contributed by atoms with E-state index >= 15 is 0 Å². The van der Waals surface area contributed by atoms with Crippen LogP contribution in [-0.2, 0) is 11.0 Å². The quantitative estimate of drug-likeness (QED) is 0.298. The molecule has 0 radical (unpaired) electrons. The van der Waals surface area contributed by atoms with Gasteiger partial charge >= 0.3 is 12.2 Å². The minimum absolute atomic E-state index is 0.0511. The normalized spacial score (nSPS) is 11.3. The largest absolute Gasteiger partial charge is 0.463 e. The smallest absolute Gasteiger partial charge is 0.416 e. The first kappa shape index (κ1) is 24.3. The van der Waals surface area contributed by atoms with Gasteiger partial charge in [0.2, 0.25) is 5.91 Å². The van der Waals surface area contributed by atoms with Gasteiger partial charge in [0.15, 0.2) is 5.82 Å². The van der Waals surface area contributed by atoms with Crippen LogP contribution in [0.1, 0.15) is 12.5 Å². The number of aromatic nitrogens is 3. The summed E-state index contributed by atoms with van der Waals surface area (Å²) >= 11 is 1.43. The molecule has 3 aromatic carbocycles. The second-order valence-corrected chi connectivity index (χ2v) is 8.39. The number of carbonyl (C=O) groups is 1. The molecule has 10 heteroatoms. The van der Waals surface area contributed by atoms with Crippen molar-refractivity contribution in [1.29, 1.82) is 0 Å². The van der Waals surface area contributed by atoms with Crippen LogP contribution in [-0.4, -0.2) is 33.0 Å². The van der Waals surface area contributed by atoms with Crippen LogP contribution in [0, 0.1) is 0 Å². The summed E-state index contributed by atoms with van der Waals surface area (Å²) in [7, 11) is 0. The van der Waals surface area contributed by atoms with E-state index in [4.69, 9.17) is 4.74 Å². The van der Waals surface area contributed by atoms with Gasteiger partial charge in [0.1, 0.15) is 0 Å². The third-order valence-electron chi connectivity index (χ3n) is 4.82. The molecule has 0 unspecified atom stereocenters. The molecule has 0 saturated heterocycles. The molecule has 1 heterocycles. The number of halogens is 3. The average Bonchev–Trinajstić information content (AvgIpc) is 3.28. The van der Waals surface area contributed by atoms with E-state index in [9.17, 15) is 18.0 Å². The van der Waals surface area contributed by atoms with Crippen molar-refractivity contribution >= 4 is 23.4 Å². The van der Waals surface area contributed by atoms with Crippen molar-refractivity contribution in [3.8, 4) is 23.1 Å². The fourth-order valence-electron chi connectivity index (χ4n) is 3.23. The Labute approximate surface area is 204 Å². The van der Waals surface area contributed by atoms with Crippen LogP contribution in [0.2, 0.25) is 0 Å². The predicted octanol–water partition coefficient (Wildman–Crippen LogP) is 6.08. The molecule has 35 heavy (non-hydrogen) atoms. The van der Waals surface area contributed by atoms with Crippen LogP contribution in [0.5, 0.6) is 6.01 Å². The van der Waals surface area contributed by atoms with Crippen molar-refractivity contribution in [3.05, 3.63) is 84.4 Å². The number of alkyl halides is 3. The molecule has 0 aliphatic heterocycles. The molecule has 0 aliphatic carbocycles. The summed E-state index contributed by atoms with van der Waals surface area (Å²) in [5.41, 5.74) is 0.591. The second-order valence-electron chi connectivity index (χ2n) is 7.34. The highest BCUT2D eigenvalue weighted by Gasteiger charge is 2.31. The Kier molecular flexibility index (Phi) is 7.40. The van der Waals surface area contributed by atoms with Gasteiger partial charge in [-0.3, -0.25) is 4.79 Å². The Morgan fingerprint density at radius 2 is 1.77 bits per heavy atom. The van der Waals surface area contributed by atoms with Crippen molar-refractivity contribution < 1.29 is 22.7 Å². The highest BCUT2D eigenvalue weighted by atomic mass is 32.2. The van der Waals surface area contributed by atoms with Crippen molar-refractivity contribution in [2.75, 3.05) is 17.7 Å². The average molecular weight is 499 g/mol. The topological polar surface area (TPSA) is 69.0 Å². The first-order valence-corrected chi connectivity index (χ1v) is 11.7. The van der Waals surface area contributed by atoms with Gasteiger partial charge in [-0.2, -0.15) is 18.2 Å². The number of anilines is 1. The Morgan fingerprint density at radius 1 is 1.03 bits per heavy atom. The monoisotopic (exact) mass is 498 g/mol. The molecule has 6 nitrogen and oxygen atoms in total. The predicted molar refractivity (Wildman–Crippen MR) is 129 cm³/mol. The lowest BCUT2D eigenvalue weighted by Crippen LogP contribution is -2.14. The maximum atomic E-state index is 13.2. The zero-order chi connectivity index (χ0) is 24.8. The summed E-state index contributed by atoms with van der Waals surface area (Å²) in [6.07, 6.45) is -4.48. The second kappa shape index (κ2) is 10.6. The van der Waals surface area contributed by atoms with E-state index in [1.807, 2.05) is 30.3 Å². The minimum atomic E-state index is -4.48. The molecule has 0 fully saturated rings. The molecule has 0 atom stereocenters. The molecular weight excluding hydrogens is 477 g/mol. The molecule has 0 saturated carbocycles. The molecule has 0 spiro atoms. The number of thioether (sulfide) groups is 1. The summed E-state index contributed by atoms with van der Waals surface area (Å²) in [5, 5.41) is 7.14. The molecule has 4 rings (SSSR count). The number of nitrogens with zero attached hydrogens (tertiary/aromatic N) is 3. The number of ether oxygens (including phenoxy) is 1. The van der Waals surface area contributed by atoms with Crippen LogP contribution in [0.3, 0.4) is 0 Å². The van der Waals surface area contributed by atoms with E-state index in [-0.39, 0.29) is 29.1 Å². The van der Waals surface area contributed by atoms with Crippen LogP contribution >= 0.6 is 11.8 Å². The van der Waals surface area contributed by atoms with Crippen molar-refractivity contribution in [2.45, 2.75) is 18.0 Å². The van der Waals surface area contributed by atoms with E-state index < -0.39 is 11.7 Å². The van der Waals surface area contributed by atoms with E-state index in [0.29, 0.717) is 18.0 Å². The minimum Gasteiger partial charge on any atom is -0.463 e. The van der Waals surface area contributed by atoms with Crippen LogP contribution in [0.4, 0.5) is 18.9 Å². The van der Waals surface area contributed by atoms with E-state index in [1.54, 1.807) is 31.2 Å². The van der Waals surface area contributed by atoms with Gasteiger partial charge in [-0.25, -0.2) is 4.68 Å². The zero-order valence-corrected chi connectivity index (χ0v) is 19.4. The number of nitrogens with one attached hydrogen (secondary N) is 1. The summed E-state index contributed by atoms with van der Waals surface area (Å²) in [6, 6.07) is 21.3. The number of carbonyl (C=O) groups excluding carboxylic acids is 1. The number of amides is 1. The Hall–Kier alpha value is -3.79. The summed E-state index contributed by atoms with van der Waals surface area (Å²) in [4.78, 5) is 17.6. The molecule has 180 valence electrons. The van der Waals surface area contributed by atoms with Crippen LogP contribution < -0.4 is 10.1 Å². The molecule has 0 bridgehead atoms. The molecule has 0 aliphatic rings. The SMILES string of the molecule is CCOc1nc(-c2cccc(C(F)(F)F)c2)n(-c2ccc(NC(=O)CSc3ccccc3)cc2)n1. The number of hydrogen-bond donors (Lipinski definition) is 1. The van der Waals surface area contributed by atoms with Crippen molar-refractivity contribution in [1.82, 2.24) is 14.8 Å². The third kappa shape index (κ3) is 6.21. The number of rotatable bonds is 8. The maximum Gasteiger partial charge on any atom is 0.416 e. The lowest BCUT2D eigenvalue weighted by Gasteiger charge is -2.10. The summed E-state index contributed by atoms with van der Waals surface area (Å²) < 4.78 is 46.5. The summed E-state index contributed by atoms with van der Waals surface area (Å²) in [6.45, 7) is 2.07. The van der Waals surface area contributed by atoms with E-state index in [1.165, 1.54) is 28.6 Å². The molecule has 1 amide bonds. The fraction of sp³-hybridized carbons (Fsp3) is 0.160. The van der Waals surface area contributed by atoms with Gasteiger partial charge in [-0.05, 0) is 55.5 Å². The summed E-state index contributed by atoms with van der Waals surface area (Å²) in [5.74, 6) is 0.304. The molecule has 4 aromatic rings. The third-order valence-corrected chi connectivity index (χ3v) is 5.83. The Morgan fingerprint density at radius 3 is 2.46 bits per heavy atom. The highest BCUT2D eigenvalue weighted by Crippen LogP contribution is 2.33. The Bertz CT molecular complexity index is 1290. The van der Waals surface area contributed by atoms with Crippen molar-refractivity contribution in [2.24, 2.45) is 0 Å². The van der Waals surface area contributed by atoms with E-state index in [0.717, 1.165) is 17.0 Å². The van der Waals surface area contributed by atoms with E-state index in [2.05, 4.69) is 15.4 Å². The van der Waals surface area contributed by atoms with Gasteiger partial charge in [0.05, 0.1) is 23.6 Å². The lowest BCUT2D eigenvalue weighted by atomic mass is 10.1. The zero-order valence-electron chi connectivity index (χ0n) is 18.6. The first-order chi connectivity index (χ1) is 16.8. The standard InChI is InChI=1S/C25H21F3N4O2S/c1-2-34-24-30-23(17-7-6-8-18(15-17)25(26,27)28)32(31-24)20-13-11-19(12-14-20)29-22(33)16-35-21-9-4-3-5-10-21/h3-15H,2,16H2,1H3,(H,29,33). The lowest BCUT2D eigenvalue weighted by molar-refractivity contribution is -0.137. The number of benzene rings is 3. The van der Waals surface area contributed by atoms with Gasteiger partial charge in [0.25, 0.3) is 0 Å². The van der Waals surface area contributed by atoms with Gasteiger partial charge < -0.3 is 10.1 Å². The fourth-order valence-corrected chi connectivity index (χ4v) is 3.95. The van der Waals surface area contributed by atoms with Gasteiger partial charge in [-0.1, -0.05) is 30.3 Å². The maximum absolute atomic E-state index is 13.2. The van der Waals surface area contributed by atoms with Crippen LogP contribution in [0.25, 0.3) is 17.1 Å². The Balaban J connectivity index is 1.54. The van der Waals surface area contributed by atoms with Crippen molar-refractivity contribution in [3.63, 3.8) is 0 Å². The molecular formula is C25H21F3N4O2S. The molecule has 1 N–H and O–H groups in total. The molecule has 1 aromatic heterocycles.